The van der Waals surface area contributed by atoms with Crippen molar-refractivity contribution < 1.29 is 20.1 Å². The number of carboxylic acids is 1. The first-order chi connectivity index (χ1) is 6.56. The maximum Gasteiger partial charge on any atom is 0.365 e. The van der Waals surface area contributed by atoms with Gasteiger partial charge in [0.05, 0.1) is 17.7 Å². The summed E-state index contributed by atoms with van der Waals surface area (Å²) in [5.41, 5.74) is 0.126. The normalized spacial score (nSPS) is 15.1. The Bertz CT molecular complexity index is 329. The molecule has 1 rings (SSSR count). The van der Waals surface area contributed by atoms with E-state index in [-0.39, 0.29) is 16.6 Å². The number of rotatable bonds is 4. The maximum absolute atomic E-state index is 10.5. The van der Waals surface area contributed by atoms with E-state index in [2.05, 4.69) is 4.98 Å². The topological polar surface area (TPSA) is 90.7 Å². The molecule has 0 saturated carbocycles. The van der Waals surface area contributed by atoms with Crippen molar-refractivity contribution in [2.45, 2.75) is 12.2 Å². The van der Waals surface area contributed by atoms with Crippen LogP contribution in [-0.4, -0.2) is 38.3 Å². The van der Waals surface area contributed by atoms with E-state index in [0.29, 0.717) is 0 Å². The van der Waals surface area contributed by atoms with Crippen LogP contribution >= 0.6 is 22.9 Å². The molecular weight excluding hydrogens is 230 g/mol. The van der Waals surface area contributed by atoms with Crippen LogP contribution in [0.2, 0.25) is 0 Å². The highest BCUT2D eigenvalue weighted by atomic mass is 35.5. The van der Waals surface area contributed by atoms with Crippen molar-refractivity contribution in [3.8, 4) is 0 Å². The van der Waals surface area contributed by atoms with Crippen molar-refractivity contribution in [1.82, 2.24) is 4.98 Å². The third-order valence-electron chi connectivity index (χ3n) is 1.53. The summed E-state index contributed by atoms with van der Waals surface area (Å²) >= 11 is 6.20. The van der Waals surface area contributed by atoms with Gasteiger partial charge in [0.25, 0.3) is 0 Å². The van der Waals surface area contributed by atoms with Gasteiger partial charge in [-0.15, -0.1) is 22.9 Å². The Morgan fingerprint density at radius 2 is 2.29 bits per heavy atom. The van der Waals surface area contributed by atoms with Crippen LogP contribution < -0.4 is 0 Å². The van der Waals surface area contributed by atoms with Crippen LogP contribution in [-0.2, 0) is 0 Å². The van der Waals surface area contributed by atoms with E-state index >= 15 is 0 Å². The molecule has 78 valence electrons. The van der Waals surface area contributed by atoms with Gasteiger partial charge in [-0.05, 0) is 0 Å². The predicted molar refractivity (Wildman–Crippen MR) is 50.8 cm³/mol. The Morgan fingerprint density at radius 3 is 2.71 bits per heavy atom. The van der Waals surface area contributed by atoms with Crippen LogP contribution in [0.5, 0.6) is 0 Å². The van der Waals surface area contributed by atoms with Gasteiger partial charge < -0.3 is 15.3 Å². The van der Waals surface area contributed by atoms with E-state index in [0.717, 1.165) is 11.3 Å². The van der Waals surface area contributed by atoms with Crippen LogP contribution in [0.1, 0.15) is 21.6 Å². The molecule has 1 aromatic rings. The Labute approximate surface area is 88.6 Å². The average Bonchev–Trinajstić information content (AvgIpc) is 2.64. The van der Waals surface area contributed by atoms with Gasteiger partial charge in [-0.3, -0.25) is 0 Å². The number of nitrogens with zero attached hydrogens (tertiary/aromatic N) is 1. The van der Waals surface area contributed by atoms with Crippen molar-refractivity contribution in [1.29, 1.82) is 0 Å². The Morgan fingerprint density at radius 1 is 1.64 bits per heavy atom. The van der Waals surface area contributed by atoms with Crippen LogP contribution in [0.25, 0.3) is 0 Å². The lowest BCUT2D eigenvalue weighted by Crippen LogP contribution is -2.20. The van der Waals surface area contributed by atoms with Crippen molar-refractivity contribution in [2.75, 3.05) is 5.88 Å². The molecular formula is C7H8ClNO4S. The fourth-order valence-electron chi connectivity index (χ4n) is 0.802. The Balaban J connectivity index is 2.81. The third kappa shape index (κ3) is 2.42. The van der Waals surface area contributed by atoms with Crippen LogP contribution in [0, 0.1) is 0 Å². The molecule has 3 N–H and O–H groups in total. The second-order valence-corrected chi connectivity index (χ2v) is 3.72. The molecule has 0 aliphatic carbocycles. The van der Waals surface area contributed by atoms with E-state index < -0.39 is 18.2 Å². The maximum atomic E-state index is 10.5. The van der Waals surface area contributed by atoms with Gasteiger partial charge >= 0.3 is 5.97 Å². The third-order valence-corrected chi connectivity index (χ3v) is 2.70. The molecule has 0 aromatic carbocycles. The first kappa shape index (κ1) is 11.4. The molecule has 0 bridgehead atoms. The summed E-state index contributed by atoms with van der Waals surface area (Å²) in [7, 11) is 0. The number of halogens is 1. The number of aliphatic hydroxyl groups excluding tert-OH is 2. The molecule has 7 heteroatoms. The summed E-state index contributed by atoms with van der Waals surface area (Å²) in [4.78, 5) is 14.1. The van der Waals surface area contributed by atoms with Gasteiger partial charge in [-0.2, -0.15) is 0 Å². The van der Waals surface area contributed by atoms with Gasteiger partial charge in [0.2, 0.25) is 5.01 Å². The molecule has 0 fully saturated rings. The number of carboxylic acid groups (broad SMARTS) is 1. The number of hydrogen-bond donors (Lipinski definition) is 3. The molecule has 0 spiro atoms. The van der Waals surface area contributed by atoms with E-state index in [4.69, 9.17) is 21.8 Å². The number of hydrogen-bond acceptors (Lipinski definition) is 5. The summed E-state index contributed by atoms with van der Waals surface area (Å²) in [5, 5.41) is 28.4. The fourth-order valence-corrected chi connectivity index (χ4v) is 1.65. The zero-order valence-corrected chi connectivity index (χ0v) is 8.49. The van der Waals surface area contributed by atoms with E-state index in [1.54, 1.807) is 0 Å². The van der Waals surface area contributed by atoms with E-state index in [1.165, 1.54) is 5.38 Å². The lowest BCUT2D eigenvalue weighted by Gasteiger charge is -2.12. The van der Waals surface area contributed by atoms with Crippen molar-refractivity contribution in [2.24, 2.45) is 0 Å². The van der Waals surface area contributed by atoms with Gasteiger partial charge in [0.15, 0.2) is 0 Å². The van der Waals surface area contributed by atoms with Crippen LogP contribution in [0.15, 0.2) is 5.38 Å². The SMILES string of the molecule is O=C(O)c1nc(C(O)C(O)CCl)cs1. The van der Waals surface area contributed by atoms with Gasteiger partial charge in [0.1, 0.15) is 6.10 Å². The number of alkyl halides is 1. The fraction of sp³-hybridized carbons (Fsp3) is 0.429. The van der Waals surface area contributed by atoms with Gasteiger partial charge in [0, 0.05) is 5.38 Å². The molecule has 0 saturated heterocycles. The highest BCUT2D eigenvalue weighted by molar-refractivity contribution is 7.11. The summed E-state index contributed by atoms with van der Waals surface area (Å²) in [6, 6.07) is 0. The zero-order valence-electron chi connectivity index (χ0n) is 6.92. The highest BCUT2D eigenvalue weighted by Gasteiger charge is 2.21. The summed E-state index contributed by atoms with van der Waals surface area (Å²) in [6.45, 7) is 0. The molecule has 14 heavy (non-hydrogen) atoms. The minimum Gasteiger partial charge on any atom is -0.476 e. The van der Waals surface area contributed by atoms with Crippen LogP contribution in [0.4, 0.5) is 0 Å². The second kappa shape index (κ2) is 4.70. The molecule has 1 aromatic heterocycles. The number of carbonyl (C=O) groups is 1. The van der Waals surface area contributed by atoms with Gasteiger partial charge in [-0.25, -0.2) is 9.78 Å². The number of aromatic nitrogens is 1. The number of aromatic carboxylic acids is 1. The van der Waals surface area contributed by atoms with Crippen LogP contribution in [0.3, 0.4) is 0 Å². The van der Waals surface area contributed by atoms with E-state index in [9.17, 15) is 9.90 Å². The first-order valence-corrected chi connectivity index (χ1v) is 5.08. The second-order valence-electron chi connectivity index (χ2n) is 2.55. The average molecular weight is 238 g/mol. The summed E-state index contributed by atoms with van der Waals surface area (Å²) in [5.74, 6) is -1.30. The van der Waals surface area contributed by atoms with Crippen molar-refractivity contribution in [3.05, 3.63) is 16.1 Å². The lowest BCUT2D eigenvalue weighted by molar-refractivity contribution is 0.0302. The Hall–Kier alpha value is -0.690. The minimum absolute atomic E-state index is 0.124. The standard InChI is InChI=1S/C7H8ClNO4S/c8-1-4(10)5(11)3-2-14-6(9-3)7(12)13/h2,4-5,10-11H,1H2,(H,12,13). The molecule has 0 aliphatic heterocycles. The zero-order chi connectivity index (χ0) is 10.7. The summed E-state index contributed by atoms with van der Waals surface area (Å²) < 4.78 is 0. The highest BCUT2D eigenvalue weighted by Crippen LogP contribution is 2.20. The quantitative estimate of drug-likeness (QED) is 0.663. The minimum atomic E-state index is -1.24. The number of aliphatic hydroxyl groups is 2. The molecule has 2 unspecified atom stereocenters. The molecule has 5 nitrogen and oxygen atoms in total. The monoisotopic (exact) mass is 237 g/mol. The largest absolute Gasteiger partial charge is 0.476 e. The molecule has 0 amide bonds. The molecule has 2 atom stereocenters. The van der Waals surface area contributed by atoms with Crippen molar-refractivity contribution >= 4 is 28.9 Å². The lowest BCUT2D eigenvalue weighted by atomic mass is 10.2. The Kier molecular flexibility index (Phi) is 3.82. The molecule has 0 aliphatic rings. The first-order valence-electron chi connectivity index (χ1n) is 3.67. The molecule has 1 heterocycles. The predicted octanol–water partition coefficient (Wildman–Crippen LogP) is 0.474. The van der Waals surface area contributed by atoms with Crippen molar-refractivity contribution in [3.63, 3.8) is 0 Å². The van der Waals surface area contributed by atoms with E-state index in [1.807, 2.05) is 0 Å². The molecule has 0 radical (unpaired) electrons. The smallest absolute Gasteiger partial charge is 0.365 e. The summed E-state index contributed by atoms with van der Waals surface area (Å²) in [6.07, 6.45) is -2.38. The van der Waals surface area contributed by atoms with Gasteiger partial charge in [-0.1, -0.05) is 0 Å². The number of thiazole rings is 1.